The van der Waals surface area contributed by atoms with E-state index in [1.54, 1.807) is 0 Å². The minimum absolute atomic E-state index is 0.106. The van der Waals surface area contributed by atoms with Crippen molar-refractivity contribution in [1.29, 1.82) is 0 Å². The Hall–Kier alpha value is -2.37. The van der Waals surface area contributed by atoms with Gasteiger partial charge in [-0.3, -0.25) is 4.79 Å². The van der Waals surface area contributed by atoms with E-state index in [1.165, 1.54) is 25.3 Å². The van der Waals surface area contributed by atoms with Crippen LogP contribution in [0, 0.1) is 11.7 Å². The van der Waals surface area contributed by atoms with Crippen LogP contribution in [0.25, 0.3) is 10.9 Å². The first-order valence-corrected chi connectivity index (χ1v) is 7.66. The molecule has 1 aliphatic rings. The van der Waals surface area contributed by atoms with E-state index in [4.69, 9.17) is 4.74 Å². The van der Waals surface area contributed by atoms with E-state index in [-0.39, 0.29) is 34.7 Å². The number of nitrogens with zero attached hydrogens (tertiary/aromatic N) is 1. The van der Waals surface area contributed by atoms with Gasteiger partial charge in [0.05, 0.1) is 12.6 Å². The molecule has 1 unspecified atom stereocenters. The van der Waals surface area contributed by atoms with E-state index in [0.717, 1.165) is 12.8 Å². The van der Waals surface area contributed by atoms with Crippen molar-refractivity contribution in [2.45, 2.75) is 32.1 Å². The third-order valence-electron chi connectivity index (χ3n) is 4.53. The van der Waals surface area contributed by atoms with Gasteiger partial charge < -0.3 is 9.94 Å². The van der Waals surface area contributed by atoms with Gasteiger partial charge in [-0.15, -0.1) is 0 Å². The lowest BCUT2D eigenvalue weighted by Gasteiger charge is -2.20. The maximum atomic E-state index is 14.3. The van der Waals surface area contributed by atoms with Crippen LogP contribution in [0.3, 0.4) is 0 Å². The Bertz CT molecular complexity index is 780. The van der Waals surface area contributed by atoms with Crippen LogP contribution in [-0.4, -0.2) is 28.8 Å². The predicted molar refractivity (Wildman–Crippen MR) is 81.1 cm³/mol. The molecule has 0 bridgehead atoms. The summed E-state index contributed by atoms with van der Waals surface area (Å²) in [7, 11) is 1.20. The zero-order valence-electron chi connectivity index (χ0n) is 12.8. The van der Waals surface area contributed by atoms with E-state index in [1.807, 2.05) is 0 Å². The Morgan fingerprint density at radius 2 is 2.22 bits per heavy atom. The quantitative estimate of drug-likeness (QED) is 0.697. The van der Waals surface area contributed by atoms with Crippen molar-refractivity contribution in [3.63, 3.8) is 0 Å². The van der Waals surface area contributed by atoms with Crippen LogP contribution in [0.4, 0.5) is 4.39 Å². The van der Waals surface area contributed by atoms with Crippen LogP contribution < -0.4 is 0 Å². The van der Waals surface area contributed by atoms with E-state index in [0.29, 0.717) is 23.1 Å². The van der Waals surface area contributed by atoms with Gasteiger partial charge in [-0.05, 0) is 37.0 Å². The number of aromatic nitrogens is 1. The third-order valence-corrected chi connectivity index (χ3v) is 4.53. The summed E-state index contributed by atoms with van der Waals surface area (Å²) in [5.41, 5.74) is 0.433. The lowest BCUT2D eigenvalue weighted by atomic mass is 9.83. The Morgan fingerprint density at radius 1 is 1.43 bits per heavy atom. The number of hydrogen-bond donors (Lipinski definition) is 1. The SMILES string of the molecule is COC(=O)c1c(CC2CCCCC2=O)c2c(F)cccc2n1O. The predicted octanol–water partition coefficient (Wildman–Crippen LogP) is 3.11. The van der Waals surface area contributed by atoms with Crippen LogP contribution in [0.5, 0.6) is 0 Å². The fraction of sp³-hybridized carbons (Fsp3) is 0.412. The maximum Gasteiger partial charge on any atom is 0.358 e. The molecule has 1 aromatic heterocycles. The Balaban J connectivity index is 2.16. The van der Waals surface area contributed by atoms with Crippen molar-refractivity contribution >= 4 is 22.7 Å². The highest BCUT2D eigenvalue weighted by Crippen LogP contribution is 2.33. The second kappa shape index (κ2) is 6.02. The summed E-state index contributed by atoms with van der Waals surface area (Å²) in [6.07, 6.45) is 3.26. The smallest absolute Gasteiger partial charge is 0.358 e. The van der Waals surface area contributed by atoms with Crippen LogP contribution >= 0.6 is 0 Å². The molecule has 5 nitrogen and oxygen atoms in total. The number of halogens is 1. The summed E-state index contributed by atoms with van der Waals surface area (Å²) in [4.78, 5) is 24.1. The van der Waals surface area contributed by atoms with E-state index >= 15 is 0 Å². The number of benzene rings is 1. The van der Waals surface area contributed by atoms with Crippen molar-refractivity contribution in [2.75, 3.05) is 7.11 Å². The number of rotatable bonds is 3. The Morgan fingerprint density at radius 3 is 2.91 bits per heavy atom. The molecule has 1 saturated carbocycles. The number of ether oxygens (including phenoxy) is 1. The molecule has 1 fully saturated rings. The molecule has 1 heterocycles. The minimum Gasteiger partial charge on any atom is -0.464 e. The highest BCUT2D eigenvalue weighted by atomic mass is 19.1. The van der Waals surface area contributed by atoms with Gasteiger partial charge in [-0.2, -0.15) is 4.73 Å². The minimum atomic E-state index is -0.749. The molecular weight excluding hydrogens is 301 g/mol. The van der Waals surface area contributed by atoms with Gasteiger partial charge in [0, 0.05) is 17.7 Å². The number of carbonyl (C=O) groups excluding carboxylic acids is 2. The first-order chi connectivity index (χ1) is 11.0. The molecule has 1 atom stereocenters. The molecule has 0 amide bonds. The molecule has 1 aliphatic carbocycles. The number of esters is 1. The number of ketones is 1. The monoisotopic (exact) mass is 319 g/mol. The highest BCUT2D eigenvalue weighted by molar-refractivity contribution is 5.99. The lowest BCUT2D eigenvalue weighted by Crippen LogP contribution is -2.22. The maximum absolute atomic E-state index is 14.3. The van der Waals surface area contributed by atoms with Gasteiger partial charge >= 0.3 is 5.97 Å². The zero-order chi connectivity index (χ0) is 16.6. The van der Waals surface area contributed by atoms with Crippen molar-refractivity contribution < 1.29 is 23.9 Å². The van der Waals surface area contributed by atoms with Crippen LogP contribution in [0.15, 0.2) is 18.2 Å². The molecule has 122 valence electrons. The summed E-state index contributed by atoms with van der Waals surface area (Å²) >= 11 is 0. The average Bonchev–Trinajstić information content (AvgIpc) is 2.83. The number of Topliss-reactive ketones (excluding diaryl/α,β-unsaturated/α-hetero) is 1. The molecule has 0 aliphatic heterocycles. The van der Waals surface area contributed by atoms with Crippen LogP contribution in [0.1, 0.15) is 41.7 Å². The summed E-state index contributed by atoms with van der Waals surface area (Å²) in [5, 5.41) is 10.4. The number of methoxy groups -OCH3 is 1. The van der Waals surface area contributed by atoms with E-state index in [2.05, 4.69) is 0 Å². The van der Waals surface area contributed by atoms with Crippen molar-refractivity contribution in [1.82, 2.24) is 4.73 Å². The lowest BCUT2D eigenvalue weighted by molar-refractivity contribution is -0.124. The second-order valence-corrected chi connectivity index (χ2v) is 5.88. The Labute approximate surface area is 132 Å². The third kappa shape index (κ3) is 2.58. The zero-order valence-corrected chi connectivity index (χ0v) is 12.8. The molecule has 2 aromatic rings. The average molecular weight is 319 g/mol. The molecule has 3 rings (SSSR count). The fourth-order valence-electron chi connectivity index (χ4n) is 3.38. The van der Waals surface area contributed by atoms with Gasteiger partial charge in [0.15, 0.2) is 5.69 Å². The topological polar surface area (TPSA) is 68.5 Å². The molecule has 23 heavy (non-hydrogen) atoms. The summed E-state index contributed by atoms with van der Waals surface area (Å²) < 4.78 is 19.7. The first kappa shape index (κ1) is 15.5. The number of carbonyl (C=O) groups is 2. The molecule has 6 heteroatoms. The summed E-state index contributed by atoms with van der Waals surface area (Å²) in [6, 6.07) is 4.26. The Kier molecular flexibility index (Phi) is 4.07. The molecular formula is C17H18FNO4. The number of hydrogen-bond acceptors (Lipinski definition) is 4. The summed E-state index contributed by atoms with van der Waals surface area (Å²) in [5.74, 6) is -1.40. The standard InChI is InChI=1S/C17H18FNO4/c1-23-17(21)16-11(9-10-5-2-3-8-14(10)20)15-12(18)6-4-7-13(15)19(16)22/h4,6-7,10,22H,2-3,5,8-9H2,1H3. The van der Waals surface area contributed by atoms with Crippen molar-refractivity contribution in [2.24, 2.45) is 5.92 Å². The van der Waals surface area contributed by atoms with Crippen LogP contribution in [-0.2, 0) is 16.0 Å². The first-order valence-electron chi connectivity index (χ1n) is 7.66. The molecule has 1 aromatic carbocycles. The highest BCUT2D eigenvalue weighted by Gasteiger charge is 2.30. The second-order valence-electron chi connectivity index (χ2n) is 5.88. The normalized spacial score (nSPS) is 18.3. The fourth-order valence-corrected chi connectivity index (χ4v) is 3.38. The van der Waals surface area contributed by atoms with Crippen molar-refractivity contribution in [3.05, 3.63) is 35.3 Å². The van der Waals surface area contributed by atoms with E-state index in [9.17, 15) is 19.2 Å². The van der Waals surface area contributed by atoms with Gasteiger partial charge in [0.25, 0.3) is 0 Å². The van der Waals surface area contributed by atoms with Crippen LogP contribution in [0.2, 0.25) is 0 Å². The summed E-state index contributed by atoms with van der Waals surface area (Å²) in [6.45, 7) is 0. The molecule has 0 saturated heterocycles. The van der Waals surface area contributed by atoms with Gasteiger partial charge in [-0.1, -0.05) is 12.5 Å². The molecule has 1 N–H and O–H groups in total. The van der Waals surface area contributed by atoms with Crippen molar-refractivity contribution in [3.8, 4) is 0 Å². The van der Waals surface area contributed by atoms with Gasteiger partial charge in [0.1, 0.15) is 11.6 Å². The largest absolute Gasteiger partial charge is 0.464 e. The molecule has 0 spiro atoms. The van der Waals surface area contributed by atoms with Gasteiger partial charge in [-0.25, -0.2) is 9.18 Å². The van der Waals surface area contributed by atoms with E-state index < -0.39 is 11.8 Å². The molecule has 0 radical (unpaired) electrons. The van der Waals surface area contributed by atoms with Gasteiger partial charge in [0.2, 0.25) is 0 Å². The number of fused-ring (bicyclic) bond motifs is 1.